The molecule has 0 aliphatic heterocycles. The first-order valence-corrected chi connectivity index (χ1v) is 5.65. The van der Waals surface area contributed by atoms with Crippen LogP contribution in [0, 0.1) is 5.51 Å². The molecule has 3 aromatic rings. The van der Waals surface area contributed by atoms with Gasteiger partial charge in [-0.3, -0.25) is 5.10 Å². The molecule has 0 aliphatic rings. The second-order valence-corrected chi connectivity index (χ2v) is 4.21. The molecule has 0 fully saturated rings. The number of aromatic amines is 1. The molecule has 8 heteroatoms. The Morgan fingerprint density at radius 3 is 3.07 bits per heavy atom. The van der Waals surface area contributed by atoms with Crippen LogP contribution < -0.4 is 0 Å². The molecule has 0 spiro atoms. The SMILES string of the molecule is [c]1nnc(-c2n[nH]c(-c3nccs3)n2)s1. The third-order valence-corrected chi connectivity index (χ3v) is 3.05. The lowest BCUT2D eigenvalue weighted by Gasteiger charge is -1.83. The van der Waals surface area contributed by atoms with Crippen LogP contribution in [-0.2, 0) is 0 Å². The fraction of sp³-hybridized carbons (Fsp3) is 0. The third-order valence-electron chi connectivity index (χ3n) is 1.64. The van der Waals surface area contributed by atoms with E-state index in [-0.39, 0.29) is 0 Å². The maximum atomic E-state index is 4.26. The number of hydrogen-bond acceptors (Lipinski definition) is 7. The average molecular weight is 235 g/mol. The molecule has 3 rings (SSSR count). The van der Waals surface area contributed by atoms with Gasteiger partial charge in [-0.05, 0) is 0 Å². The Labute approximate surface area is 92.1 Å². The molecule has 0 saturated heterocycles. The van der Waals surface area contributed by atoms with E-state index in [0.29, 0.717) is 16.7 Å². The van der Waals surface area contributed by atoms with Crippen molar-refractivity contribution in [3.05, 3.63) is 17.1 Å². The van der Waals surface area contributed by atoms with Crippen molar-refractivity contribution in [2.75, 3.05) is 0 Å². The minimum atomic E-state index is 0.527. The molecule has 0 bridgehead atoms. The van der Waals surface area contributed by atoms with Crippen molar-refractivity contribution in [2.45, 2.75) is 0 Å². The summed E-state index contributed by atoms with van der Waals surface area (Å²) in [6, 6.07) is 0. The van der Waals surface area contributed by atoms with Crippen LogP contribution >= 0.6 is 22.7 Å². The second-order valence-electron chi connectivity index (χ2n) is 2.54. The first-order chi connectivity index (χ1) is 7.43. The van der Waals surface area contributed by atoms with Crippen molar-refractivity contribution in [3.8, 4) is 21.7 Å². The standard InChI is InChI=1S/C7H3N6S2/c1-2-14-6(8-1)4-10-5(12-11-4)7-13-9-3-15-7/h1-2H,(H,10,11,12). The van der Waals surface area contributed by atoms with Gasteiger partial charge < -0.3 is 0 Å². The van der Waals surface area contributed by atoms with Crippen LogP contribution in [0.1, 0.15) is 0 Å². The Bertz CT molecular complexity index is 491. The summed E-state index contributed by atoms with van der Waals surface area (Å²) in [7, 11) is 0. The van der Waals surface area contributed by atoms with Crippen LogP contribution in [0.5, 0.6) is 0 Å². The van der Waals surface area contributed by atoms with Gasteiger partial charge in [0, 0.05) is 11.6 Å². The minimum Gasteiger partial charge on any atom is -0.257 e. The fourth-order valence-corrected chi connectivity index (χ4v) is 2.04. The second kappa shape index (κ2) is 3.48. The first kappa shape index (κ1) is 8.62. The summed E-state index contributed by atoms with van der Waals surface area (Å²) in [5.41, 5.74) is 2.65. The molecule has 0 saturated carbocycles. The smallest absolute Gasteiger partial charge is 0.212 e. The number of hydrogen-bond donors (Lipinski definition) is 1. The molecule has 3 aromatic heterocycles. The van der Waals surface area contributed by atoms with Gasteiger partial charge in [0.25, 0.3) is 0 Å². The lowest BCUT2D eigenvalue weighted by Crippen LogP contribution is -1.79. The van der Waals surface area contributed by atoms with E-state index in [9.17, 15) is 0 Å². The lowest BCUT2D eigenvalue weighted by molar-refractivity contribution is 1.05. The summed E-state index contributed by atoms with van der Waals surface area (Å²) < 4.78 is 0. The van der Waals surface area contributed by atoms with Crippen molar-refractivity contribution < 1.29 is 0 Å². The number of rotatable bonds is 2. The van der Waals surface area contributed by atoms with Crippen LogP contribution in [0.3, 0.4) is 0 Å². The molecule has 1 radical (unpaired) electrons. The van der Waals surface area contributed by atoms with Crippen LogP contribution in [0.15, 0.2) is 11.6 Å². The van der Waals surface area contributed by atoms with E-state index in [0.717, 1.165) is 5.01 Å². The zero-order valence-corrected chi connectivity index (χ0v) is 8.84. The Balaban J connectivity index is 2.02. The number of nitrogens with one attached hydrogen (secondary N) is 1. The van der Waals surface area contributed by atoms with Crippen LogP contribution in [0.2, 0.25) is 0 Å². The van der Waals surface area contributed by atoms with Crippen LogP contribution in [0.4, 0.5) is 0 Å². The summed E-state index contributed by atoms with van der Waals surface area (Å²) in [6.45, 7) is 0. The van der Waals surface area contributed by atoms with E-state index in [4.69, 9.17) is 0 Å². The highest BCUT2D eigenvalue weighted by molar-refractivity contribution is 7.13. The molecule has 73 valence electrons. The summed E-state index contributed by atoms with van der Waals surface area (Å²) in [6.07, 6.45) is 1.72. The summed E-state index contributed by atoms with van der Waals surface area (Å²) in [5, 5.41) is 17.6. The highest BCUT2D eigenvalue weighted by Gasteiger charge is 2.11. The maximum Gasteiger partial charge on any atom is 0.212 e. The number of thiazole rings is 1. The Morgan fingerprint density at radius 1 is 1.33 bits per heavy atom. The van der Waals surface area contributed by atoms with Gasteiger partial charge in [0.1, 0.15) is 0 Å². The normalized spacial score (nSPS) is 10.7. The lowest BCUT2D eigenvalue weighted by atomic mass is 10.6. The van der Waals surface area contributed by atoms with Crippen molar-refractivity contribution in [1.82, 2.24) is 30.4 Å². The van der Waals surface area contributed by atoms with Crippen molar-refractivity contribution in [2.24, 2.45) is 0 Å². The van der Waals surface area contributed by atoms with Crippen LogP contribution in [-0.4, -0.2) is 30.4 Å². The van der Waals surface area contributed by atoms with Gasteiger partial charge in [-0.1, -0.05) is 11.3 Å². The third kappa shape index (κ3) is 1.53. The Kier molecular flexibility index (Phi) is 2.00. The van der Waals surface area contributed by atoms with Gasteiger partial charge in [0.15, 0.2) is 21.4 Å². The van der Waals surface area contributed by atoms with E-state index in [1.807, 2.05) is 5.38 Å². The summed E-state index contributed by atoms with van der Waals surface area (Å²) in [5.74, 6) is 1.18. The highest BCUT2D eigenvalue weighted by atomic mass is 32.1. The van der Waals surface area contributed by atoms with Gasteiger partial charge in [-0.25, -0.2) is 9.97 Å². The molecule has 6 nitrogen and oxygen atoms in total. The number of H-pyrrole nitrogens is 1. The van der Waals surface area contributed by atoms with E-state index >= 15 is 0 Å². The van der Waals surface area contributed by atoms with E-state index in [2.05, 4.69) is 35.9 Å². The number of nitrogens with zero attached hydrogens (tertiary/aromatic N) is 5. The number of aromatic nitrogens is 6. The quantitative estimate of drug-likeness (QED) is 0.723. The van der Waals surface area contributed by atoms with Crippen molar-refractivity contribution in [3.63, 3.8) is 0 Å². The Hall–Kier alpha value is -1.67. The van der Waals surface area contributed by atoms with Gasteiger partial charge in [-0.2, -0.15) is 5.10 Å². The van der Waals surface area contributed by atoms with Crippen molar-refractivity contribution in [1.29, 1.82) is 0 Å². The first-order valence-electron chi connectivity index (χ1n) is 3.95. The van der Waals surface area contributed by atoms with Gasteiger partial charge in [0.05, 0.1) is 0 Å². The fourth-order valence-electron chi connectivity index (χ4n) is 1.03. The van der Waals surface area contributed by atoms with Crippen LogP contribution in [0.25, 0.3) is 21.7 Å². The molecule has 0 atom stereocenters. The van der Waals surface area contributed by atoms with Gasteiger partial charge in [-0.15, -0.1) is 21.5 Å². The van der Waals surface area contributed by atoms with Crippen molar-refractivity contribution >= 4 is 22.7 Å². The molecule has 3 heterocycles. The summed E-state index contributed by atoms with van der Waals surface area (Å²) >= 11 is 2.78. The Morgan fingerprint density at radius 2 is 2.33 bits per heavy atom. The predicted molar refractivity (Wildman–Crippen MR) is 55.2 cm³/mol. The zero-order valence-electron chi connectivity index (χ0n) is 7.21. The monoisotopic (exact) mass is 235 g/mol. The van der Waals surface area contributed by atoms with E-state index in [1.54, 1.807) is 6.20 Å². The van der Waals surface area contributed by atoms with Gasteiger partial charge in [0.2, 0.25) is 5.82 Å². The van der Waals surface area contributed by atoms with Gasteiger partial charge >= 0.3 is 0 Å². The molecule has 0 aromatic carbocycles. The predicted octanol–water partition coefficient (Wildman–Crippen LogP) is 1.25. The maximum absolute atomic E-state index is 4.26. The largest absolute Gasteiger partial charge is 0.257 e. The molecule has 0 amide bonds. The average Bonchev–Trinajstić information content (AvgIpc) is 3.02. The molecule has 0 aliphatic carbocycles. The molecule has 0 unspecified atom stereocenters. The summed E-state index contributed by atoms with van der Waals surface area (Å²) in [4.78, 5) is 8.39. The van der Waals surface area contributed by atoms with E-state index in [1.165, 1.54) is 22.7 Å². The molecular weight excluding hydrogens is 232 g/mol. The molecule has 1 N–H and O–H groups in total. The van der Waals surface area contributed by atoms with E-state index < -0.39 is 0 Å². The molecule has 15 heavy (non-hydrogen) atoms. The molecular formula is C7H3N6S2. The topological polar surface area (TPSA) is 80.2 Å². The zero-order chi connectivity index (χ0) is 10.1. The minimum absolute atomic E-state index is 0.527. The highest BCUT2D eigenvalue weighted by Crippen LogP contribution is 2.21.